The zero-order valence-corrected chi connectivity index (χ0v) is 11.3. The van der Waals surface area contributed by atoms with E-state index in [4.69, 9.17) is 22.7 Å². The van der Waals surface area contributed by atoms with Crippen molar-refractivity contribution in [1.29, 1.82) is 5.41 Å². The van der Waals surface area contributed by atoms with Crippen molar-refractivity contribution in [3.05, 3.63) is 28.8 Å². The van der Waals surface area contributed by atoms with E-state index < -0.39 is 0 Å². The van der Waals surface area contributed by atoms with Crippen LogP contribution in [-0.4, -0.2) is 45.0 Å². The van der Waals surface area contributed by atoms with Crippen molar-refractivity contribution in [2.45, 2.75) is 0 Å². The van der Waals surface area contributed by atoms with Crippen LogP contribution in [0.1, 0.15) is 5.56 Å². The highest BCUT2D eigenvalue weighted by atomic mass is 35.5. The van der Waals surface area contributed by atoms with E-state index in [-0.39, 0.29) is 5.84 Å². The fraction of sp³-hybridized carbons (Fsp3) is 0.417. The van der Waals surface area contributed by atoms with Crippen LogP contribution in [0, 0.1) is 5.41 Å². The van der Waals surface area contributed by atoms with E-state index in [0.29, 0.717) is 10.6 Å². The maximum absolute atomic E-state index is 7.58. The molecule has 0 saturated heterocycles. The van der Waals surface area contributed by atoms with Crippen LogP contribution in [0.25, 0.3) is 0 Å². The van der Waals surface area contributed by atoms with Crippen LogP contribution >= 0.6 is 11.6 Å². The number of benzene rings is 1. The molecule has 0 fully saturated rings. The second kappa shape index (κ2) is 5.89. The summed E-state index contributed by atoms with van der Waals surface area (Å²) < 4.78 is 0. The predicted octanol–water partition coefficient (Wildman–Crippen LogP) is 1.62. The van der Waals surface area contributed by atoms with Crippen LogP contribution in [0.15, 0.2) is 18.2 Å². The van der Waals surface area contributed by atoms with Crippen molar-refractivity contribution in [2.24, 2.45) is 5.73 Å². The predicted molar refractivity (Wildman–Crippen MR) is 74.3 cm³/mol. The average Bonchev–Trinajstić information content (AvgIpc) is 2.24. The van der Waals surface area contributed by atoms with Crippen molar-refractivity contribution in [3.63, 3.8) is 0 Å². The number of rotatable bonds is 5. The summed E-state index contributed by atoms with van der Waals surface area (Å²) in [4.78, 5) is 4.16. The van der Waals surface area contributed by atoms with E-state index in [1.807, 2.05) is 33.3 Å². The standard InChI is InChI=1S/C12H19ClN4/c1-16(2)7-8-17(3)10-6-4-5-9(13)11(10)12(14)15/h4-6H,7-8H2,1-3H3,(H3,14,15). The van der Waals surface area contributed by atoms with Crippen LogP contribution < -0.4 is 10.6 Å². The number of anilines is 1. The Labute approximate surface area is 107 Å². The van der Waals surface area contributed by atoms with Gasteiger partial charge in [-0.3, -0.25) is 5.41 Å². The number of nitrogen functional groups attached to an aromatic ring is 1. The van der Waals surface area contributed by atoms with Crippen molar-refractivity contribution in [3.8, 4) is 0 Å². The van der Waals surface area contributed by atoms with Crippen LogP contribution in [0.2, 0.25) is 5.02 Å². The summed E-state index contributed by atoms with van der Waals surface area (Å²) >= 11 is 6.07. The fourth-order valence-corrected chi connectivity index (χ4v) is 1.84. The number of nitrogens with zero attached hydrogens (tertiary/aromatic N) is 2. The fourth-order valence-electron chi connectivity index (χ4n) is 1.57. The summed E-state index contributed by atoms with van der Waals surface area (Å²) in [6, 6.07) is 5.55. The molecule has 0 amide bonds. The molecule has 1 aromatic carbocycles. The Morgan fingerprint density at radius 3 is 2.47 bits per heavy atom. The summed E-state index contributed by atoms with van der Waals surface area (Å²) in [5, 5.41) is 8.10. The molecule has 0 heterocycles. The van der Waals surface area contributed by atoms with Gasteiger partial charge in [0.15, 0.2) is 0 Å². The highest BCUT2D eigenvalue weighted by Gasteiger charge is 2.13. The normalized spacial score (nSPS) is 10.6. The average molecular weight is 255 g/mol. The molecular weight excluding hydrogens is 236 g/mol. The lowest BCUT2D eigenvalue weighted by Gasteiger charge is -2.24. The highest BCUT2D eigenvalue weighted by Crippen LogP contribution is 2.26. The Hall–Kier alpha value is -1.26. The summed E-state index contributed by atoms with van der Waals surface area (Å²) in [6.45, 7) is 1.79. The quantitative estimate of drug-likeness (QED) is 0.620. The van der Waals surface area contributed by atoms with Crippen molar-refractivity contribution < 1.29 is 0 Å². The van der Waals surface area contributed by atoms with Gasteiger partial charge in [0.25, 0.3) is 0 Å². The third-order valence-electron chi connectivity index (χ3n) is 2.55. The van der Waals surface area contributed by atoms with Gasteiger partial charge < -0.3 is 15.5 Å². The molecule has 4 nitrogen and oxygen atoms in total. The summed E-state index contributed by atoms with van der Waals surface area (Å²) in [5.41, 5.74) is 7.07. The zero-order valence-electron chi connectivity index (χ0n) is 10.5. The number of likely N-dealkylation sites (N-methyl/N-ethyl adjacent to an activating group) is 2. The third kappa shape index (κ3) is 3.61. The lowest BCUT2D eigenvalue weighted by molar-refractivity contribution is 0.416. The van der Waals surface area contributed by atoms with E-state index in [1.54, 1.807) is 6.07 Å². The molecule has 0 aliphatic carbocycles. The second-order valence-electron chi connectivity index (χ2n) is 4.27. The third-order valence-corrected chi connectivity index (χ3v) is 2.87. The molecule has 1 aromatic rings. The monoisotopic (exact) mass is 254 g/mol. The molecule has 0 bridgehead atoms. The molecule has 94 valence electrons. The van der Waals surface area contributed by atoms with Crippen LogP contribution in [0.5, 0.6) is 0 Å². The van der Waals surface area contributed by atoms with Gasteiger partial charge in [-0.25, -0.2) is 0 Å². The number of nitrogens with two attached hydrogens (primary N) is 1. The number of amidine groups is 1. The van der Waals surface area contributed by atoms with Crippen molar-refractivity contribution in [1.82, 2.24) is 4.90 Å². The number of halogens is 1. The van der Waals surface area contributed by atoms with Crippen LogP contribution in [0.4, 0.5) is 5.69 Å². The number of hydrogen-bond donors (Lipinski definition) is 2. The molecule has 1 rings (SSSR count). The van der Waals surface area contributed by atoms with Gasteiger partial charge in [-0.1, -0.05) is 17.7 Å². The molecule has 17 heavy (non-hydrogen) atoms. The van der Waals surface area contributed by atoms with Gasteiger partial charge in [-0.2, -0.15) is 0 Å². The summed E-state index contributed by atoms with van der Waals surface area (Å²) in [6.07, 6.45) is 0. The van der Waals surface area contributed by atoms with Crippen molar-refractivity contribution in [2.75, 3.05) is 39.1 Å². The Morgan fingerprint density at radius 2 is 1.94 bits per heavy atom. The van der Waals surface area contributed by atoms with E-state index in [2.05, 4.69) is 9.80 Å². The zero-order chi connectivity index (χ0) is 13.0. The van der Waals surface area contributed by atoms with Gasteiger partial charge in [0.2, 0.25) is 0 Å². The van der Waals surface area contributed by atoms with Gasteiger partial charge >= 0.3 is 0 Å². The first-order valence-corrected chi connectivity index (χ1v) is 5.80. The molecule has 0 aliphatic rings. The molecule has 0 aliphatic heterocycles. The van der Waals surface area contributed by atoms with Crippen LogP contribution in [0.3, 0.4) is 0 Å². The first-order chi connectivity index (χ1) is 7.93. The first-order valence-electron chi connectivity index (χ1n) is 5.42. The van der Waals surface area contributed by atoms with Gasteiger partial charge in [0.05, 0.1) is 10.6 Å². The van der Waals surface area contributed by atoms with Gasteiger partial charge in [0, 0.05) is 25.8 Å². The molecule has 0 atom stereocenters. The Morgan fingerprint density at radius 1 is 1.29 bits per heavy atom. The van der Waals surface area contributed by atoms with Crippen LogP contribution in [-0.2, 0) is 0 Å². The second-order valence-corrected chi connectivity index (χ2v) is 4.68. The maximum Gasteiger partial charge on any atom is 0.126 e. The highest BCUT2D eigenvalue weighted by molar-refractivity contribution is 6.34. The Kier molecular flexibility index (Phi) is 4.78. The topological polar surface area (TPSA) is 56.4 Å². The summed E-state index contributed by atoms with van der Waals surface area (Å²) in [7, 11) is 6.02. The molecular formula is C12H19ClN4. The number of nitrogens with one attached hydrogen (secondary N) is 1. The molecule has 0 unspecified atom stereocenters. The van der Waals surface area contributed by atoms with Gasteiger partial charge in [0.1, 0.15) is 5.84 Å². The van der Waals surface area contributed by atoms with Crippen molar-refractivity contribution >= 4 is 23.1 Å². The minimum Gasteiger partial charge on any atom is -0.384 e. The molecule has 0 spiro atoms. The van der Waals surface area contributed by atoms with E-state index in [1.165, 1.54) is 0 Å². The molecule has 5 heteroatoms. The number of hydrogen-bond acceptors (Lipinski definition) is 3. The Balaban J connectivity index is 2.96. The van der Waals surface area contributed by atoms with Gasteiger partial charge in [-0.05, 0) is 26.2 Å². The molecule has 3 N–H and O–H groups in total. The minimum atomic E-state index is 0.00213. The van der Waals surface area contributed by atoms with E-state index in [0.717, 1.165) is 18.8 Å². The first kappa shape index (κ1) is 13.8. The summed E-state index contributed by atoms with van der Waals surface area (Å²) in [5.74, 6) is 0.00213. The maximum atomic E-state index is 7.58. The Bertz CT molecular complexity index is 403. The SMILES string of the molecule is CN(C)CCN(C)c1cccc(Cl)c1C(=N)N. The molecule has 0 saturated carbocycles. The smallest absolute Gasteiger partial charge is 0.126 e. The minimum absolute atomic E-state index is 0.00213. The lowest BCUT2D eigenvalue weighted by atomic mass is 10.1. The van der Waals surface area contributed by atoms with E-state index >= 15 is 0 Å². The largest absolute Gasteiger partial charge is 0.384 e. The van der Waals surface area contributed by atoms with E-state index in [9.17, 15) is 0 Å². The lowest BCUT2D eigenvalue weighted by Crippen LogP contribution is -2.30. The molecule has 0 radical (unpaired) electrons. The molecule has 0 aromatic heterocycles. The van der Waals surface area contributed by atoms with Gasteiger partial charge in [-0.15, -0.1) is 0 Å².